The summed E-state index contributed by atoms with van der Waals surface area (Å²) in [7, 11) is 3.20. The molecule has 3 aromatic carbocycles. The Hall–Kier alpha value is -4.04. The molecule has 1 aliphatic rings. The number of amidine groups is 1. The van der Waals surface area contributed by atoms with Gasteiger partial charge in [0, 0.05) is 11.7 Å². The molecule has 0 atom stereocenters. The number of aliphatic imine (C=N–C) groups is 1. The maximum atomic E-state index is 13.5. The van der Waals surface area contributed by atoms with Crippen molar-refractivity contribution in [1.82, 2.24) is 0 Å². The predicted octanol–water partition coefficient (Wildman–Crippen LogP) is 5.62. The van der Waals surface area contributed by atoms with Crippen molar-refractivity contribution in [3.05, 3.63) is 90.1 Å². The Labute approximate surface area is 221 Å². The molecule has 0 unspecified atom stereocenters. The first-order valence-corrected chi connectivity index (χ1v) is 12.8. The van der Waals surface area contributed by atoms with E-state index in [4.69, 9.17) is 9.47 Å². The van der Waals surface area contributed by atoms with Crippen LogP contribution in [0.3, 0.4) is 0 Å². The van der Waals surface area contributed by atoms with Crippen molar-refractivity contribution in [1.29, 1.82) is 0 Å². The number of thioether (sulfide) groups is 1. The summed E-state index contributed by atoms with van der Waals surface area (Å²) < 4.78 is 10.5. The molecule has 0 saturated heterocycles. The molecule has 37 heavy (non-hydrogen) atoms. The van der Waals surface area contributed by atoms with Gasteiger partial charge in [0.25, 0.3) is 5.91 Å². The van der Waals surface area contributed by atoms with Crippen molar-refractivity contribution in [3.8, 4) is 11.5 Å². The molecular weight excluding hydrogens is 486 g/mol. The van der Waals surface area contributed by atoms with Gasteiger partial charge in [-0.3, -0.25) is 14.5 Å². The monoisotopic (exact) mass is 515 g/mol. The molecule has 190 valence electrons. The maximum Gasteiger partial charge on any atom is 0.283 e. The van der Waals surface area contributed by atoms with Crippen LogP contribution in [-0.4, -0.2) is 43.0 Å². The van der Waals surface area contributed by atoms with Gasteiger partial charge in [-0.05, 0) is 74.0 Å². The Balaban J connectivity index is 1.62. The molecule has 1 aliphatic heterocycles. The third-order valence-electron chi connectivity index (χ3n) is 5.72. The van der Waals surface area contributed by atoms with Gasteiger partial charge in [-0.25, -0.2) is 4.99 Å². The van der Waals surface area contributed by atoms with Crippen LogP contribution >= 0.6 is 11.8 Å². The Bertz CT molecular complexity index is 1300. The second-order valence-electron chi connectivity index (χ2n) is 8.52. The molecular formula is C29H29N3O4S. The molecule has 0 bridgehead atoms. The summed E-state index contributed by atoms with van der Waals surface area (Å²) in [5.74, 6) is 1.21. The Morgan fingerprint density at radius 2 is 1.54 bits per heavy atom. The third kappa shape index (κ3) is 6.03. The van der Waals surface area contributed by atoms with E-state index in [0.717, 1.165) is 17.0 Å². The highest BCUT2D eigenvalue weighted by Crippen LogP contribution is 2.31. The number of methoxy groups -OCH3 is 2. The van der Waals surface area contributed by atoms with Crippen LogP contribution in [0, 0.1) is 0 Å². The fourth-order valence-electron chi connectivity index (χ4n) is 3.92. The Kier molecular flexibility index (Phi) is 8.30. The lowest BCUT2D eigenvalue weighted by atomic mass is 10.2. The summed E-state index contributed by atoms with van der Waals surface area (Å²) in [6, 6.07) is 24.1. The van der Waals surface area contributed by atoms with E-state index in [1.807, 2.05) is 68.4 Å². The standard InChI is InChI=1S/C29H29N3O4S/c1-20(2)31(22-8-6-5-7-9-22)27(33)19-37-29-30-26(18-21-10-14-24(35-3)15-11-21)28(34)32(29)23-12-16-25(36-4)17-13-23/h5-18,20H,19H2,1-4H3/b26-18-. The van der Waals surface area contributed by atoms with Crippen molar-refractivity contribution in [3.63, 3.8) is 0 Å². The topological polar surface area (TPSA) is 71.4 Å². The van der Waals surface area contributed by atoms with Crippen LogP contribution in [0.5, 0.6) is 11.5 Å². The normalized spacial score (nSPS) is 14.2. The second kappa shape index (κ2) is 11.8. The Morgan fingerprint density at radius 3 is 2.11 bits per heavy atom. The summed E-state index contributed by atoms with van der Waals surface area (Å²) in [5, 5.41) is 0.444. The summed E-state index contributed by atoms with van der Waals surface area (Å²) in [4.78, 5) is 34.7. The lowest BCUT2D eigenvalue weighted by molar-refractivity contribution is -0.116. The van der Waals surface area contributed by atoms with Crippen LogP contribution in [0.2, 0.25) is 0 Å². The van der Waals surface area contributed by atoms with E-state index in [2.05, 4.69) is 4.99 Å². The zero-order chi connectivity index (χ0) is 26.4. The van der Waals surface area contributed by atoms with E-state index in [1.165, 1.54) is 16.7 Å². The summed E-state index contributed by atoms with van der Waals surface area (Å²) in [6.07, 6.45) is 1.73. The lowest BCUT2D eigenvalue weighted by Gasteiger charge is -2.27. The largest absolute Gasteiger partial charge is 0.497 e. The highest BCUT2D eigenvalue weighted by molar-refractivity contribution is 8.14. The predicted molar refractivity (Wildman–Crippen MR) is 150 cm³/mol. The minimum absolute atomic E-state index is 0.0223. The van der Waals surface area contributed by atoms with Crippen LogP contribution in [0.4, 0.5) is 11.4 Å². The average molecular weight is 516 g/mol. The van der Waals surface area contributed by atoms with Crippen LogP contribution in [-0.2, 0) is 9.59 Å². The number of carbonyl (C=O) groups is 2. The minimum Gasteiger partial charge on any atom is -0.497 e. The lowest BCUT2D eigenvalue weighted by Crippen LogP contribution is -2.39. The highest BCUT2D eigenvalue weighted by atomic mass is 32.2. The number of rotatable bonds is 8. The van der Waals surface area contributed by atoms with Gasteiger partial charge in [-0.15, -0.1) is 0 Å². The molecule has 3 aromatic rings. The van der Waals surface area contributed by atoms with Crippen molar-refractivity contribution in [2.45, 2.75) is 19.9 Å². The van der Waals surface area contributed by atoms with Crippen molar-refractivity contribution >= 4 is 46.2 Å². The summed E-state index contributed by atoms with van der Waals surface area (Å²) >= 11 is 1.24. The zero-order valence-corrected chi connectivity index (χ0v) is 22.1. The molecule has 0 fully saturated rings. The van der Waals surface area contributed by atoms with Crippen molar-refractivity contribution in [2.75, 3.05) is 29.8 Å². The van der Waals surface area contributed by atoms with Crippen molar-refractivity contribution in [2.24, 2.45) is 4.99 Å². The Morgan fingerprint density at radius 1 is 0.946 bits per heavy atom. The molecule has 1 heterocycles. The number of benzene rings is 3. The quantitative estimate of drug-likeness (QED) is 0.364. The van der Waals surface area contributed by atoms with E-state index in [-0.39, 0.29) is 23.6 Å². The number of ether oxygens (including phenoxy) is 2. The molecule has 7 nitrogen and oxygen atoms in total. The van der Waals surface area contributed by atoms with Gasteiger partial charge in [0.05, 0.1) is 25.7 Å². The van der Waals surface area contributed by atoms with Gasteiger partial charge >= 0.3 is 0 Å². The number of hydrogen-bond acceptors (Lipinski definition) is 6. The number of hydrogen-bond donors (Lipinski definition) is 0. The number of amides is 2. The first-order chi connectivity index (χ1) is 17.9. The SMILES string of the molecule is COc1ccc(/C=C2\N=C(SCC(=O)N(c3ccccc3)C(C)C)N(c3ccc(OC)cc3)C2=O)cc1. The third-order valence-corrected chi connectivity index (χ3v) is 6.65. The van der Waals surface area contributed by atoms with Crippen LogP contribution < -0.4 is 19.3 Å². The molecule has 0 radical (unpaired) electrons. The molecule has 4 rings (SSSR count). The van der Waals surface area contributed by atoms with Crippen LogP contribution in [0.15, 0.2) is 89.6 Å². The number of para-hydroxylation sites is 1. The van der Waals surface area contributed by atoms with E-state index >= 15 is 0 Å². The summed E-state index contributed by atoms with van der Waals surface area (Å²) in [6.45, 7) is 3.96. The first kappa shape index (κ1) is 26.0. The van der Waals surface area contributed by atoms with Gasteiger partial charge in [0.15, 0.2) is 5.17 Å². The molecule has 0 aliphatic carbocycles. The van der Waals surface area contributed by atoms with E-state index in [9.17, 15) is 9.59 Å². The second-order valence-corrected chi connectivity index (χ2v) is 9.46. The first-order valence-electron chi connectivity index (χ1n) is 11.8. The molecule has 0 aromatic heterocycles. The molecule has 0 saturated carbocycles. The average Bonchev–Trinajstić information content (AvgIpc) is 3.23. The number of nitrogens with zero attached hydrogens (tertiary/aromatic N) is 3. The van der Waals surface area contributed by atoms with Crippen LogP contribution in [0.25, 0.3) is 6.08 Å². The van der Waals surface area contributed by atoms with Gasteiger partial charge < -0.3 is 14.4 Å². The fourth-order valence-corrected chi connectivity index (χ4v) is 4.80. The van der Waals surface area contributed by atoms with E-state index < -0.39 is 0 Å². The minimum atomic E-state index is -0.264. The van der Waals surface area contributed by atoms with E-state index in [1.54, 1.807) is 49.5 Å². The van der Waals surface area contributed by atoms with Gasteiger partial charge in [0.2, 0.25) is 5.91 Å². The molecule has 0 spiro atoms. The smallest absolute Gasteiger partial charge is 0.283 e. The molecule has 0 N–H and O–H groups in total. The molecule has 8 heteroatoms. The maximum absolute atomic E-state index is 13.5. The number of carbonyl (C=O) groups excluding carboxylic acids is 2. The summed E-state index contributed by atoms with van der Waals surface area (Å²) in [5.41, 5.74) is 2.59. The van der Waals surface area contributed by atoms with Gasteiger partial charge in [0.1, 0.15) is 17.2 Å². The molecule has 2 amide bonds. The zero-order valence-electron chi connectivity index (χ0n) is 21.3. The van der Waals surface area contributed by atoms with Crippen molar-refractivity contribution < 1.29 is 19.1 Å². The van der Waals surface area contributed by atoms with Gasteiger partial charge in [-0.1, -0.05) is 42.1 Å². The number of anilines is 2. The highest BCUT2D eigenvalue weighted by Gasteiger charge is 2.33. The van der Waals surface area contributed by atoms with Crippen LogP contribution in [0.1, 0.15) is 19.4 Å². The fraction of sp³-hybridized carbons (Fsp3) is 0.207. The van der Waals surface area contributed by atoms with E-state index in [0.29, 0.717) is 22.3 Å². The van der Waals surface area contributed by atoms with Gasteiger partial charge in [-0.2, -0.15) is 0 Å².